The Hall–Kier alpha value is -2.29. The lowest BCUT2D eigenvalue weighted by molar-refractivity contribution is 0.0696. The molecule has 0 bridgehead atoms. The van der Waals surface area contributed by atoms with E-state index in [2.05, 4.69) is 32.9 Å². The summed E-state index contributed by atoms with van der Waals surface area (Å²) in [5, 5.41) is 9.50. The molecule has 0 aliphatic heterocycles. The zero-order chi connectivity index (χ0) is 24.6. The number of rotatable bonds is 18. The van der Waals surface area contributed by atoms with E-state index in [1.165, 1.54) is 70.6 Å². The number of hydrogen-bond acceptors (Lipinski definition) is 2. The van der Waals surface area contributed by atoms with E-state index < -0.39 is 5.97 Å². The van der Waals surface area contributed by atoms with Crippen LogP contribution in [0.4, 0.5) is 0 Å². The molecule has 0 saturated carbocycles. The highest BCUT2D eigenvalue weighted by atomic mass is 16.5. The summed E-state index contributed by atoms with van der Waals surface area (Å²) >= 11 is 0. The number of hydrogen-bond donors (Lipinski definition) is 1. The van der Waals surface area contributed by atoms with Crippen molar-refractivity contribution < 1.29 is 14.6 Å². The van der Waals surface area contributed by atoms with Gasteiger partial charge in [0.2, 0.25) is 0 Å². The van der Waals surface area contributed by atoms with Crippen molar-refractivity contribution in [2.45, 2.75) is 110 Å². The van der Waals surface area contributed by atoms with Crippen molar-refractivity contribution in [2.24, 2.45) is 0 Å². The van der Waals surface area contributed by atoms with Gasteiger partial charge in [-0.15, -0.1) is 0 Å². The summed E-state index contributed by atoms with van der Waals surface area (Å²) < 4.78 is 5.97. The molecular weight excluding hydrogens is 420 g/mol. The predicted octanol–water partition coefficient (Wildman–Crippen LogP) is 9.65. The highest BCUT2D eigenvalue weighted by Gasteiger charge is 2.15. The third-order valence-electron chi connectivity index (χ3n) is 6.75. The molecule has 2 aromatic carbocycles. The highest BCUT2D eigenvalue weighted by molar-refractivity contribution is 5.89. The molecule has 0 spiro atoms. The molecule has 2 rings (SSSR count). The molecule has 0 aliphatic rings. The zero-order valence-electron chi connectivity index (χ0n) is 21.8. The molecule has 0 radical (unpaired) electrons. The van der Waals surface area contributed by atoms with Gasteiger partial charge in [-0.25, -0.2) is 4.79 Å². The van der Waals surface area contributed by atoms with Crippen LogP contribution in [0.15, 0.2) is 42.5 Å². The van der Waals surface area contributed by atoms with Gasteiger partial charge in [0, 0.05) is 0 Å². The molecule has 188 valence electrons. The summed E-state index contributed by atoms with van der Waals surface area (Å²) in [6, 6.07) is 13.9. The first kappa shape index (κ1) is 28.0. The average molecular weight is 467 g/mol. The topological polar surface area (TPSA) is 46.5 Å². The Morgan fingerprint density at radius 2 is 1.38 bits per heavy atom. The van der Waals surface area contributed by atoms with Gasteiger partial charge in [-0.3, -0.25) is 0 Å². The van der Waals surface area contributed by atoms with E-state index in [4.69, 9.17) is 4.74 Å². The summed E-state index contributed by atoms with van der Waals surface area (Å²) in [4.78, 5) is 11.6. The fourth-order valence-corrected chi connectivity index (χ4v) is 4.56. The van der Waals surface area contributed by atoms with Gasteiger partial charge < -0.3 is 9.84 Å². The van der Waals surface area contributed by atoms with Gasteiger partial charge in [-0.1, -0.05) is 110 Å². The smallest absolute Gasteiger partial charge is 0.335 e. The first-order valence-corrected chi connectivity index (χ1v) is 13.7. The fraction of sp³-hybridized carbons (Fsp3) is 0.581. The zero-order valence-corrected chi connectivity index (χ0v) is 21.8. The molecule has 0 amide bonds. The Balaban J connectivity index is 1.93. The van der Waals surface area contributed by atoms with Gasteiger partial charge in [-0.2, -0.15) is 0 Å². The van der Waals surface area contributed by atoms with E-state index in [1.54, 1.807) is 6.07 Å². The second-order valence-corrected chi connectivity index (χ2v) is 9.71. The molecule has 3 heteroatoms. The molecule has 0 fully saturated rings. The Labute approximate surface area is 207 Å². The molecule has 0 aliphatic carbocycles. The maximum Gasteiger partial charge on any atom is 0.335 e. The van der Waals surface area contributed by atoms with Crippen molar-refractivity contribution in [2.75, 3.05) is 6.61 Å². The number of carbonyl (C=O) groups is 1. The Morgan fingerprint density at radius 1 is 0.794 bits per heavy atom. The summed E-state index contributed by atoms with van der Waals surface area (Å²) in [6.45, 7) is 7.47. The van der Waals surface area contributed by atoms with Crippen LogP contribution in [0.2, 0.25) is 0 Å². The Bertz CT molecular complexity index is 825. The van der Waals surface area contributed by atoms with Gasteiger partial charge in [0.25, 0.3) is 0 Å². The molecule has 34 heavy (non-hydrogen) atoms. The number of benzene rings is 2. The van der Waals surface area contributed by atoms with Gasteiger partial charge >= 0.3 is 5.97 Å². The SMILES string of the molecule is CCCCCCCCCCOc1ccc(-c2ccc(C(=O)O)cc2[C@H](C)CCCCCC)cc1. The normalized spacial score (nSPS) is 12.0. The third kappa shape index (κ3) is 9.91. The van der Waals surface area contributed by atoms with Crippen molar-refractivity contribution in [3.05, 3.63) is 53.6 Å². The number of carboxylic acids is 1. The van der Waals surface area contributed by atoms with Crippen molar-refractivity contribution in [1.29, 1.82) is 0 Å². The second-order valence-electron chi connectivity index (χ2n) is 9.71. The largest absolute Gasteiger partial charge is 0.494 e. The molecular formula is C31H46O3. The molecule has 1 atom stereocenters. The van der Waals surface area contributed by atoms with Crippen LogP contribution < -0.4 is 4.74 Å². The number of carboxylic acid groups (broad SMARTS) is 1. The fourth-order valence-electron chi connectivity index (χ4n) is 4.56. The third-order valence-corrected chi connectivity index (χ3v) is 6.75. The van der Waals surface area contributed by atoms with Crippen LogP contribution in [0.3, 0.4) is 0 Å². The lowest BCUT2D eigenvalue weighted by atomic mass is 9.87. The summed E-state index contributed by atoms with van der Waals surface area (Å²) in [6.07, 6.45) is 16.4. The van der Waals surface area contributed by atoms with Crippen molar-refractivity contribution >= 4 is 5.97 Å². The number of aromatic carboxylic acids is 1. The minimum absolute atomic E-state index is 0.323. The van der Waals surface area contributed by atoms with E-state index in [1.807, 2.05) is 24.3 Å². The monoisotopic (exact) mass is 466 g/mol. The van der Waals surface area contributed by atoms with E-state index in [-0.39, 0.29) is 0 Å². The minimum atomic E-state index is -0.865. The maximum absolute atomic E-state index is 11.6. The Morgan fingerprint density at radius 3 is 2.00 bits per heavy atom. The minimum Gasteiger partial charge on any atom is -0.494 e. The van der Waals surface area contributed by atoms with Crippen LogP contribution in [-0.4, -0.2) is 17.7 Å². The van der Waals surface area contributed by atoms with Crippen molar-refractivity contribution in [3.8, 4) is 16.9 Å². The van der Waals surface area contributed by atoms with Crippen LogP contribution in [0, 0.1) is 0 Å². The number of unbranched alkanes of at least 4 members (excludes halogenated alkanes) is 10. The van der Waals surface area contributed by atoms with Crippen molar-refractivity contribution in [1.82, 2.24) is 0 Å². The first-order chi connectivity index (χ1) is 16.6. The van der Waals surface area contributed by atoms with E-state index in [0.717, 1.165) is 41.9 Å². The Kier molecular flexibility index (Phi) is 13.4. The number of ether oxygens (including phenoxy) is 1. The van der Waals surface area contributed by atoms with Crippen LogP contribution in [0.5, 0.6) is 5.75 Å². The average Bonchev–Trinajstić information content (AvgIpc) is 2.85. The molecule has 0 saturated heterocycles. The van der Waals surface area contributed by atoms with Crippen LogP contribution >= 0.6 is 0 Å². The molecule has 0 aromatic heterocycles. The molecule has 2 aromatic rings. The predicted molar refractivity (Wildman–Crippen MR) is 144 cm³/mol. The molecule has 1 N–H and O–H groups in total. The summed E-state index contributed by atoms with van der Waals surface area (Å²) in [5.74, 6) is 0.364. The van der Waals surface area contributed by atoms with E-state index in [0.29, 0.717) is 11.5 Å². The standard InChI is InChI=1S/C31H46O3/c1-4-6-8-10-11-12-13-15-23-34-28-20-17-26(18-21-28)29-22-19-27(31(32)33)24-30(29)25(3)16-14-9-7-5-2/h17-22,24-25H,4-16,23H2,1-3H3,(H,32,33)/t25-/m1/s1. The van der Waals surface area contributed by atoms with Gasteiger partial charge in [-0.05, 0) is 59.7 Å². The summed E-state index contributed by atoms with van der Waals surface area (Å²) in [5.41, 5.74) is 3.74. The first-order valence-electron chi connectivity index (χ1n) is 13.7. The van der Waals surface area contributed by atoms with E-state index in [9.17, 15) is 9.90 Å². The molecule has 0 unspecified atom stereocenters. The second kappa shape index (κ2) is 16.4. The van der Waals surface area contributed by atoms with Crippen LogP contribution in [0.1, 0.15) is 126 Å². The molecule has 3 nitrogen and oxygen atoms in total. The van der Waals surface area contributed by atoms with Gasteiger partial charge in [0.15, 0.2) is 0 Å². The van der Waals surface area contributed by atoms with Gasteiger partial charge in [0.1, 0.15) is 5.75 Å². The quantitative estimate of drug-likeness (QED) is 0.222. The maximum atomic E-state index is 11.6. The van der Waals surface area contributed by atoms with Crippen LogP contribution in [0.25, 0.3) is 11.1 Å². The molecule has 0 heterocycles. The van der Waals surface area contributed by atoms with Crippen molar-refractivity contribution in [3.63, 3.8) is 0 Å². The van der Waals surface area contributed by atoms with Gasteiger partial charge in [0.05, 0.1) is 12.2 Å². The highest BCUT2D eigenvalue weighted by Crippen LogP contribution is 2.34. The lowest BCUT2D eigenvalue weighted by Crippen LogP contribution is -2.03. The van der Waals surface area contributed by atoms with E-state index >= 15 is 0 Å². The summed E-state index contributed by atoms with van der Waals surface area (Å²) in [7, 11) is 0. The van der Waals surface area contributed by atoms with Crippen LogP contribution in [-0.2, 0) is 0 Å². The lowest BCUT2D eigenvalue weighted by Gasteiger charge is -2.18.